The van der Waals surface area contributed by atoms with E-state index in [2.05, 4.69) is 4.57 Å². The maximum Gasteiger partial charge on any atom is 0.338 e. The first-order chi connectivity index (χ1) is 14.4. The number of carbonyl (C=O) groups excluding carboxylic acids is 2. The number of hydrogen-bond donors (Lipinski definition) is 1. The molecule has 2 N–H and O–H groups in total. The molecule has 0 amide bonds. The van der Waals surface area contributed by atoms with Gasteiger partial charge in [-0.05, 0) is 68.3 Å². The Labute approximate surface area is 176 Å². The first kappa shape index (κ1) is 21.2. The number of nitrogen functional groups attached to an aromatic ring is 1. The number of rotatable bonds is 8. The summed E-state index contributed by atoms with van der Waals surface area (Å²) >= 11 is 0. The number of ketones is 1. The third-order valence-electron chi connectivity index (χ3n) is 5.14. The molecule has 30 heavy (non-hydrogen) atoms. The summed E-state index contributed by atoms with van der Waals surface area (Å²) in [6, 6.07) is 16.2. The molecule has 0 saturated carbocycles. The molecule has 3 aromatic rings. The zero-order chi connectivity index (χ0) is 21.7. The smallest absolute Gasteiger partial charge is 0.338 e. The summed E-state index contributed by atoms with van der Waals surface area (Å²) < 4.78 is 12.5. The molecule has 6 heteroatoms. The monoisotopic (exact) mass is 406 g/mol. The Hall–Kier alpha value is -3.54. The lowest BCUT2D eigenvalue weighted by Gasteiger charge is -2.10. The van der Waals surface area contributed by atoms with Gasteiger partial charge in [0.1, 0.15) is 5.75 Å². The molecule has 1 aromatic heterocycles. The normalized spacial score (nSPS) is 10.6. The zero-order valence-electron chi connectivity index (χ0n) is 17.5. The second-order valence-electron chi connectivity index (χ2n) is 7.16. The van der Waals surface area contributed by atoms with Crippen LogP contribution in [0.5, 0.6) is 5.75 Å². The van der Waals surface area contributed by atoms with E-state index in [-0.39, 0.29) is 12.4 Å². The largest absolute Gasteiger partial charge is 0.497 e. The van der Waals surface area contributed by atoms with Gasteiger partial charge in [-0.2, -0.15) is 0 Å². The van der Waals surface area contributed by atoms with Gasteiger partial charge in [0.25, 0.3) is 0 Å². The Balaban J connectivity index is 1.62. The number of nitrogens with zero attached hydrogens (tertiary/aromatic N) is 1. The standard InChI is InChI=1S/C24H26N2O4/c1-16-14-22(23(27)15-30-24(28)19-6-8-20(25)9-7-19)17(2)26(16)13-12-18-4-10-21(29-3)11-5-18/h4-11,14H,12-13,15,25H2,1-3H3. The Morgan fingerprint density at radius 2 is 1.67 bits per heavy atom. The molecule has 3 rings (SSSR count). The summed E-state index contributed by atoms with van der Waals surface area (Å²) in [7, 11) is 1.65. The zero-order valence-corrected chi connectivity index (χ0v) is 17.5. The average molecular weight is 406 g/mol. The number of methoxy groups -OCH3 is 1. The molecule has 0 bridgehead atoms. The number of Topliss-reactive ketones (excluding diaryl/α,β-unsaturated/α-hetero) is 1. The number of hydrogen-bond acceptors (Lipinski definition) is 5. The summed E-state index contributed by atoms with van der Waals surface area (Å²) in [5, 5.41) is 0. The molecule has 1 heterocycles. The molecule has 156 valence electrons. The van der Waals surface area contributed by atoms with E-state index in [1.807, 2.05) is 44.2 Å². The van der Waals surface area contributed by atoms with Crippen molar-refractivity contribution in [2.45, 2.75) is 26.8 Å². The summed E-state index contributed by atoms with van der Waals surface area (Å²) in [4.78, 5) is 24.8. The summed E-state index contributed by atoms with van der Waals surface area (Å²) in [5.74, 6) is 0.0627. The van der Waals surface area contributed by atoms with Crippen LogP contribution in [0.2, 0.25) is 0 Å². The van der Waals surface area contributed by atoms with E-state index in [1.165, 1.54) is 5.56 Å². The van der Waals surface area contributed by atoms with Crippen LogP contribution in [0.3, 0.4) is 0 Å². The minimum absolute atomic E-state index is 0.220. The highest BCUT2D eigenvalue weighted by molar-refractivity contribution is 6.00. The van der Waals surface area contributed by atoms with Crippen LogP contribution in [-0.2, 0) is 17.7 Å². The number of aromatic nitrogens is 1. The van der Waals surface area contributed by atoms with E-state index < -0.39 is 5.97 Å². The van der Waals surface area contributed by atoms with Crippen molar-refractivity contribution in [3.05, 3.63) is 82.7 Å². The fraction of sp³-hybridized carbons (Fsp3) is 0.250. The van der Waals surface area contributed by atoms with E-state index in [0.29, 0.717) is 16.8 Å². The number of carbonyl (C=O) groups is 2. The van der Waals surface area contributed by atoms with Gasteiger partial charge in [-0.3, -0.25) is 4.79 Å². The van der Waals surface area contributed by atoms with Gasteiger partial charge in [-0.1, -0.05) is 12.1 Å². The number of anilines is 1. The van der Waals surface area contributed by atoms with Crippen LogP contribution in [0, 0.1) is 13.8 Å². The SMILES string of the molecule is COc1ccc(CCn2c(C)cc(C(=O)COC(=O)c3ccc(N)cc3)c2C)cc1. The Bertz CT molecular complexity index is 1030. The highest BCUT2D eigenvalue weighted by atomic mass is 16.5. The Kier molecular flexibility index (Phi) is 6.57. The first-order valence-electron chi connectivity index (χ1n) is 9.74. The molecule has 0 aliphatic rings. The van der Waals surface area contributed by atoms with E-state index in [9.17, 15) is 9.59 Å². The quantitative estimate of drug-likeness (QED) is 0.348. The van der Waals surface area contributed by atoms with Crippen LogP contribution >= 0.6 is 0 Å². The van der Waals surface area contributed by atoms with Gasteiger partial charge in [-0.15, -0.1) is 0 Å². The molecule has 0 spiro atoms. The molecule has 2 aromatic carbocycles. The maximum atomic E-state index is 12.6. The van der Waals surface area contributed by atoms with Crippen LogP contribution in [-0.4, -0.2) is 30.0 Å². The van der Waals surface area contributed by atoms with Gasteiger partial charge >= 0.3 is 5.97 Å². The lowest BCUT2D eigenvalue weighted by atomic mass is 10.1. The van der Waals surface area contributed by atoms with E-state index in [4.69, 9.17) is 15.2 Å². The predicted molar refractivity (Wildman–Crippen MR) is 116 cm³/mol. The fourth-order valence-electron chi connectivity index (χ4n) is 3.37. The van der Waals surface area contributed by atoms with E-state index >= 15 is 0 Å². The Morgan fingerprint density at radius 1 is 1.00 bits per heavy atom. The van der Waals surface area contributed by atoms with Gasteiger partial charge in [0.15, 0.2) is 6.61 Å². The van der Waals surface area contributed by atoms with E-state index in [0.717, 1.165) is 30.1 Å². The number of aryl methyl sites for hydroxylation is 2. The van der Waals surface area contributed by atoms with Crippen LogP contribution in [0.4, 0.5) is 5.69 Å². The van der Waals surface area contributed by atoms with E-state index in [1.54, 1.807) is 31.4 Å². The van der Waals surface area contributed by atoms with Gasteiger partial charge in [0.2, 0.25) is 5.78 Å². The number of esters is 1. The van der Waals surface area contributed by atoms with Crippen molar-refractivity contribution in [2.75, 3.05) is 19.5 Å². The molecule has 6 nitrogen and oxygen atoms in total. The third-order valence-corrected chi connectivity index (χ3v) is 5.14. The van der Waals surface area contributed by atoms with Gasteiger partial charge in [-0.25, -0.2) is 4.79 Å². The van der Waals surface area contributed by atoms with Crippen LogP contribution in [0.1, 0.15) is 37.7 Å². The molecule has 0 atom stereocenters. The maximum absolute atomic E-state index is 12.6. The van der Waals surface area contributed by atoms with Crippen molar-refractivity contribution in [3.63, 3.8) is 0 Å². The molecule has 0 aliphatic heterocycles. The molecule has 0 aliphatic carbocycles. The molecule has 0 fully saturated rings. The predicted octanol–water partition coefficient (Wildman–Crippen LogP) is 3.98. The minimum Gasteiger partial charge on any atom is -0.497 e. The highest BCUT2D eigenvalue weighted by Crippen LogP contribution is 2.18. The number of benzene rings is 2. The number of ether oxygens (including phenoxy) is 2. The minimum atomic E-state index is -0.545. The summed E-state index contributed by atoms with van der Waals surface area (Å²) in [6.07, 6.45) is 0.833. The van der Waals surface area contributed by atoms with Crippen molar-refractivity contribution in [1.82, 2.24) is 4.57 Å². The Morgan fingerprint density at radius 3 is 2.30 bits per heavy atom. The van der Waals surface area contributed by atoms with Gasteiger partial charge in [0, 0.05) is 29.2 Å². The van der Waals surface area contributed by atoms with Crippen LogP contribution in [0.15, 0.2) is 54.6 Å². The second kappa shape index (κ2) is 9.31. The van der Waals surface area contributed by atoms with Crippen molar-refractivity contribution < 1.29 is 19.1 Å². The second-order valence-corrected chi connectivity index (χ2v) is 7.16. The van der Waals surface area contributed by atoms with Gasteiger partial charge < -0.3 is 19.8 Å². The third kappa shape index (κ3) is 4.89. The van der Waals surface area contributed by atoms with Crippen molar-refractivity contribution in [2.24, 2.45) is 0 Å². The topological polar surface area (TPSA) is 83.5 Å². The summed E-state index contributed by atoms with van der Waals surface area (Å²) in [5.41, 5.74) is 10.2. The molecule has 0 radical (unpaired) electrons. The first-order valence-corrected chi connectivity index (χ1v) is 9.74. The fourth-order valence-corrected chi connectivity index (χ4v) is 3.37. The number of nitrogens with two attached hydrogens (primary N) is 1. The lowest BCUT2D eigenvalue weighted by Crippen LogP contribution is -2.15. The molecule has 0 saturated heterocycles. The molecular formula is C24H26N2O4. The van der Waals surface area contributed by atoms with Crippen molar-refractivity contribution in [1.29, 1.82) is 0 Å². The molecular weight excluding hydrogens is 380 g/mol. The van der Waals surface area contributed by atoms with Crippen molar-refractivity contribution in [3.8, 4) is 5.75 Å². The summed E-state index contributed by atoms with van der Waals surface area (Å²) in [6.45, 7) is 4.34. The highest BCUT2D eigenvalue weighted by Gasteiger charge is 2.18. The lowest BCUT2D eigenvalue weighted by molar-refractivity contribution is 0.0474. The molecule has 0 unspecified atom stereocenters. The van der Waals surface area contributed by atoms with Gasteiger partial charge in [0.05, 0.1) is 12.7 Å². The van der Waals surface area contributed by atoms with Crippen LogP contribution < -0.4 is 10.5 Å². The average Bonchev–Trinajstić information content (AvgIpc) is 3.04. The van der Waals surface area contributed by atoms with Crippen molar-refractivity contribution >= 4 is 17.4 Å². The van der Waals surface area contributed by atoms with Crippen LogP contribution in [0.25, 0.3) is 0 Å².